The topological polar surface area (TPSA) is 81.1 Å². The SMILES string of the molecule is C[C@@H]1N(c2ccc(Br)cc2)C(=O)N(c2ccc(Br)cc2)C1(O)C(=O)O. The number of carboxylic acids is 1. The predicted octanol–water partition coefficient (Wildman–Crippen LogP) is 3.82. The van der Waals surface area contributed by atoms with Crippen LogP contribution in [0.15, 0.2) is 57.5 Å². The Morgan fingerprint density at radius 1 is 1.00 bits per heavy atom. The van der Waals surface area contributed by atoms with Crippen LogP contribution in [-0.2, 0) is 4.79 Å². The van der Waals surface area contributed by atoms with Gasteiger partial charge in [0, 0.05) is 20.3 Å². The van der Waals surface area contributed by atoms with Crippen molar-refractivity contribution >= 4 is 55.2 Å². The molecule has 6 nitrogen and oxygen atoms in total. The maximum absolute atomic E-state index is 13.0. The van der Waals surface area contributed by atoms with E-state index in [0.29, 0.717) is 11.4 Å². The number of carboxylic acid groups (broad SMARTS) is 1. The summed E-state index contributed by atoms with van der Waals surface area (Å²) < 4.78 is 1.60. The number of aliphatic carboxylic acids is 1. The highest BCUT2D eigenvalue weighted by Gasteiger charge is 2.61. The lowest BCUT2D eigenvalue weighted by molar-refractivity contribution is -0.157. The number of carbonyl (C=O) groups is 2. The smallest absolute Gasteiger partial charge is 0.360 e. The van der Waals surface area contributed by atoms with Crippen LogP contribution in [0.5, 0.6) is 0 Å². The zero-order valence-corrected chi connectivity index (χ0v) is 16.2. The molecule has 0 saturated carbocycles. The van der Waals surface area contributed by atoms with E-state index in [1.807, 2.05) is 0 Å². The zero-order valence-electron chi connectivity index (χ0n) is 13.1. The molecule has 0 aromatic heterocycles. The standard InChI is InChI=1S/C17H14Br2N2O4/c1-10-17(25,15(22)23)21(14-8-4-12(19)5-9-14)16(24)20(10)13-6-2-11(18)3-7-13/h2-10,25H,1H3,(H,22,23)/t10-,17?/m0/s1. The molecule has 1 unspecified atom stereocenters. The minimum atomic E-state index is -2.39. The molecule has 2 aromatic rings. The number of amides is 2. The minimum Gasteiger partial charge on any atom is -0.478 e. The van der Waals surface area contributed by atoms with Gasteiger partial charge in [-0.15, -0.1) is 0 Å². The van der Waals surface area contributed by atoms with Crippen molar-refractivity contribution in [2.75, 3.05) is 9.80 Å². The van der Waals surface area contributed by atoms with Gasteiger partial charge in [-0.1, -0.05) is 31.9 Å². The van der Waals surface area contributed by atoms with Crippen LogP contribution in [-0.4, -0.2) is 34.0 Å². The molecule has 2 amide bonds. The van der Waals surface area contributed by atoms with Crippen LogP contribution in [0, 0.1) is 0 Å². The number of anilines is 2. The van der Waals surface area contributed by atoms with E-state index >= 15 is 0 Å². The highest BCUT2D eigenvalue weighted by molar-refractivity contribution is 9.10. The van der Waals surface area contributed by atoms with E-state index in [1.165, 1.54) is 11.8 Å². The van der Waals surface area contributed by atoms with E-state index in [-0.39, 0.29) is 0 Å². The number of nitrogens with zero attached hydrogens (tertiary/aromatic N) is 2. The lowest BCUT2D eigenvalue weighted by atomic mass is 10.0. The van der Waals surface area contributed by atoms with Gasteiger partial charge in [-0.05, 0) is 55.5 Å². The molecule has 1 heterocycles. The summed E-state index contributed by atoms with van der Waals surface area (Å²) in [5.74, 6) is -1.49. The van der Waals surface area contributed by atoms with Crippen molar-refractivity contribution in [2.24, 2.45) is 0 Å². The van der Waals surface area contributed by atoms with Gasteiger partial charge in [0.15, 0.2) is 0 Å². The van der Waals surface area contributed by atoms with Crippen LogP contribution >= 0.6 is 31.9 Å². The second-order valence-corrected chi connectivity index (χ2v) is 7.48. The third-order valence-electron chi connectivity index (χ3n) is 4.21. The fourth-order valence-electron chi connectivity index (χ4n) is 2.89. The van der Waals surface area contributed by atoms with E-state index in [0.717, 1.165) is 13.8 Å². The molecule has 0 aliphatic carbocycles. The first-order valence-corrected chi connectivity index (χ1v) is 8.95. The summed E-state index contributed by atoms with van der Waals surface area (Å²) in [4.78, 5) is 27.1. The zero-order chi connectivity index (χ0) is 18.4. The Labute approximate surface area is 160 Å². The van der Waals surface area contributed by atoms with Crippen molar-refractivity contribution in [1.29, 1.82) is 0 Å². The molecule has 3 rings (SSSR count). The van der Waals surface area contributed by atoms with Gasteiger partial charge in [-0.3, -0.25) is 9.80 Å². The number of rotatable bonds is 3. The molecular formula is C17H14Br2N2O4. The van der Waals surface area contributed by atoms with Crippen molar-refractivity contribution in [1.82, 2.24) is 0 Å². The van der Waals surface area contributed by atoms with Crippen LogP contribution in [0.2, 0.25) is 0 Å². The molecule has 130 valence electrons. The van der Waals surface area contributed by atoms with Gasteiger partial charge < -0.3 is 10.2 Å². The van der Waals surface area contributed by atoms with Gasteiger partial charge in [0.25, 0.3) is 5.72 Å². The molecule has 1 aliphatic heterocycles. The van der Waals surface area contributed by atoms with Crippen molar-refractivity contribution in [3.63, 3.8) is 0 Å². The molecule has 8 heteroatoms. The normalized spacial score (nSPS) is 23.2. The van der Waals surface area contributed by atoms with Crippen LogP contribution in [0.25, 0.3) is 0 Å². The summed E-state index contributed by atoms with van der Waals surface area (Å²) in [6.07, 6.45) is 0. The van der Waals surface area contributed by atoms with Crippen molar-refractivity contribution in [3.05, 3.63) is 57.5 Å². The van der Waals surface area contributed by atoms with E-state index in [2.05, 4.69) is 31.9 Å². The first-order chi connectivity index (χ1) is 11.8. The van der Waals surface area contributed by atoms with Gasteiger partial charge in [-0.2, -0.15) is 0 Å². The second kappa shape index (κ2) is 6.44. The van der Waals surface area contributed by atoms with Crippen molar-refractivity contribution in [2.45, 2.75) is 18.7 Å². The highest BCUT2D eigenvalue weighted by atomic mass is 79.9. The number of hydrogen-bond acceptors (Lipinski definition) is 3. The Bertz CT molecular complexity index is 826. The summed E-state index contributed by atoms with van der Waals surface area (Å²) in [7, 11) is 0. The third-order valence-corrected chi connectivity index (χ3v) is 5.27. The second-order valence-electron chi connectivity index (χ2n) is 5.65. The van der Waals surface area contributed by atoms with Crippen LogP contribution in [0.4, 0.5) is 16.2 Å². The Morgan fingerprint density at radius 2 is 1.44 bits per heavy atom. The highest BCUT2D eigenvalue weighted by Crippen LogP contribution is 2.39. The Morgan fingerprint density at radius 3 is 1.88 bits per heavy atom. The Balaban J connectivity index is 2.13. The molecule has 0 bridgehead atoms. The minimum absolute atomic E-state index is 0.296. The van der Waals surface area contributed by atoms with Crippen LogP contribution in [0.1, 0.15) is 6.92 Å². The number of urea groups is 1. The van der Waals surface area contributed by atoms with Gasteiger partial charge in [0.2, 0.25) is 0 Å². The first-order valence-electron chi connectivity index (χ1n) is 7.37. The van der Waals surface area contributed by atoms with Gasteiger partial charge >= 0.3 is 12.0 Å². The molecule has 25 heavy (non-hydrogen) atoms. The average molecular weight is 470 g/mol. The molecule has 0 spiro atoms. The number of benzene rings is 2. The van der Waals surface area contributed by atoms with E-state index in [9.17, 15) is 19.8 Å². The predicted molar refractivity (Wildman–Crippen MR) is 101 cm³/mol. The quantitative estimate of drug-likeness (QED) is 0.715. The molecule has 2 atom stereocenters. The lowest BCUT2D eigenvalue weighted by Gasteiger charge is -2.30. The molecule has 1 aliphatic rings. The van der Waals surface area contributed by atoms with Crippen LogP contribution < -0.4 is 9.80 Å². The lowest BCUT2D eigenvalue weighted by Crippen LogP contribution is -2.57. The maximum atomic E-state index is 13.0. The number of halogens is 2. The summed E-state index contributed by atoms with van der Waals surface area (Å²) in [5.41, 5.74) is -1.60. The molecule has 2 N–H and O–H groups in total. The average Bonchev–Trinajstić information content (AvgIpc) is 2.77. The monoisotopic (exact) mass is 468 g/mol. The van der Waals surface area contributed by atoms with Gasteiger partial charge in [-0.25, -0.2) is 9.59 Å². The van der Waals surface area contributed by atoms with E-state index < -0.39 is 23.8 Å². The van der Waals surface area contributed by atoms with Crippen LogP contribution in [0.3, 0.4) is 0 Å². The number of carbonyl (C=O) groups excluding carboxylic acids is 1. The fourth-order valence-corrected chi connectivity index (χ4v) is 3.42. The first kappa shape index (κ1) is 17.9. The summed E-state index contributed by atoms with van der Waals surface area (Å²) in [6, 6.07) is 11.8. The maximum Gasteiger partial charge on any atom is 0.360 e. The Hall–Kier alpha value is -1.90. The number of aliphatic hydroxyl groups is 1. The van der Waals surface area contributed by atoms with E-state index in [4.69, 9.17) is 0 Å². The molecule has 1 fully saturated rings. The summed E-state index contributed by atoms with van der Waals surface area (Å²) in [5, 5.41) is 20.6. The Kier molecular flexibility index (Phi) is 4.61. The van der Waals surface area contributed by atoms with Crippen molar-refractivity contribution < 1.29 is 19.8 Å². The molecular weight excluding hydrogens is 456 g/mol. The number of hydrogen-bond donors (Lipinski definition) is 2. The third kappa shape index (κ3) is 2.84. The van der Waals surface area contributed by atoms with Gasteiger partial charge in [0.05, 0.1) is 6.04 Å². The summed E-state index contributed by atoms with van der Waals surface area (Å²) >= 11 is 6.62. The largest absolute Gasteiger partial charge is 0.478 e. The molecule has 0 radical (unpaired) electrons. The summed E-state index contributed by atoms with van der Waals surface area (Å²) in [6.45, 7) is 1.51. The molecule has 1 saturated heterocycles. The van der Waals surface area contributed by atoms with Crippen molar-refractivity contribution in [3.8, 4) is 0 Å². The fraction of sp³-hybridized carbons (Fsp3) is 0.176. The molecule has 2 aromatic carbocycles. The van der Waals surface area contributed by atoms with Gasteiger partial charge in [0.1, 0.15) is 0 Å². The van der Waals surface area contributed by atoms with E-state index in [1.54, 1.807) is 48.5 Å².